The number of ether oxygens (including phenoxy) is 1. The number of carbonyl (C=O) groups is 2. The first-order valence-electron chi connectivity index (χ1n) is 8.53. The maximum Gasteiger partial charge on any atom is 0.306 e. The molecule has 1 aliphatic heterocycles. The number of piperidine rings is 1. The van der Waals surface area contributed by atoms with Gasteiger partial charge in [0.15, 0.2) is 0 Å². The van der Waals surface area contributed by atoms with E-state index in [1.54, 1.807) is 23.1 Å². The van der Waals surface area contributed by atoms with Crippen molar-refractivity contribution in [3.05, 3.63) is 28.8 Å². The Balaban J connectivity index is 1.74. The van der Waals surface area contributed by atoms with Gasteiger partial charge >= 0.3 is 5.97 Å². The highest BCUT2D eigenvalue weighted by Crippen LogP contribution is 2.30. The molecule has 0 atom stereocenters. The van der Waals surface area contributed by atoms with Gasteiger partial charge in [-0.05, 0) is 56.7 Å². The van der Waals surface area contributed by atoms with Crippen molar-refractivity contribution in [2.24, 2.45) is 5.92 Å². The van der Waals surface area contributed by atoms with Gasteiger partial charge in [-0.1, -0.05) is 11.6 Å². The lowest BCUT2D eigenvalue weighted by Crippen LogP contribution is -2.40. The van der Waals surface area contributed by atoms with Crippen molar-refractivity contribution in [3.63, 3.8) is 0 Å². The summed E-state index contributed by atoms with van der Waals surface area (Å²) in [5.41, 5.74) is 0.475. The second kappa shape index (κ2) is 7.43. The Hall–Kier alpha value is -1.75. The average molecular weight is 352 g/mol. The predicted molar refractivity (Wildman–Crippen MR) is 90.6 cm³/mol. The first kappa shape index (κ1) is 17.1. The normalized spacial score (nSPS) is 19.5. The molecule has 0 bridgehead atoms. The highest BCUT2D eigenvalue weighted by atomic mass is 35.5. The van der Waals surface area contributed by atoms with Crippen molar-refractivity contribution < 1.29 is 19.4 Å². The molecule has 1 saturated heterocycles. The van der Waals surface area contributed by atoms with Gasteiger partial charge in [-0.3, -0.25) is 9.59 Å². The van der Waals surface area contributed by atoms with Crippen LogP contribution in [0.3, 0.4) is 0 Å². The van der Waals surface area contributed by atoms with Crippen LogP contribution in [0.4, 0.5) is 0 Å². The van der Waals surface area contributed by atoms with Crippen molar-refractivity contribution >= 4 is 23.5 Å². The van der Waals surface area contributed by atoms with Gasteiger partial charge in [0.2, 0.25) is 0 Å². The molecule has 1 aliphatic carbocycles. The molecule has 130 valence electrons. The highest BCUT2D eigenvalue weighted by Gasteiger charge is 2.29. The molecule has 0 radical (unpaired) electrons. The highest BCUT2D eigenvalue weighted by molar-refractivity contribution is 6.31. The number of amides is 1. The Morgan fingerprint density at radius 1 is 1.12 bits per heavy atom. The lowest BCUT2D eigenvalue weighted by atomic mass is 9.96. The second-order valence-electron chi connectivity index (χ2n) is 6.57. The van der Waals surface area contributed by atoms with E-state index in [1.807, 2.05) is 0 Å². The number of rotatable bonds is 4. The monoisotopic (exact) mass is 351 g/mol. The fraction of sp³-hybridized carbons (Fsp3) is 0.556. The zero-order valence-electron chi connectivity index (χ0n) is 13.5. The van der Waals surface area contributed by atoms with Gasteiger partial charge in [-0.2, -0.15) is 0 Å². The van der Waals surface area contributed by atoms with E-state index in [2.05, 4.69) is 0 Å². The number of carboxylic acids is 1. The van der Waals surface area contributed by atoms with Crippen molar-refractivity contribution in [1.82, 2.24) is 4.90 Å². The van der Waals surface area contributed by atoms with Crippen LogP contribution < -0.4 is 4.74 Å². The summed E-state index contributed by atoms with van der Waals surface area (Å²) in [6.07, 6.45) is 5.48. The zero-order chi connectivity index (χ0) is 17.1. The third-order valence-corrected chi connectivity index (χ3v) is 5.13. The predicted octanol–water partition coefficient (Wildman–Crippen LogP) is 3.60. The summed E-state index contributed by atoms with van der Waals surface area (Å²) in [7, 11) is 0. The SMILES string of the molecule is O=C(O)C1CCN(C(=O)c2cc(Cl)ccc2OC2CCCC2)CC1. The van der Waals surface area contributed by atoms with E-state index in [4.69, 9.17) is 21.4 Å². The number of hydrogen-bond donors (Lipinski definition) is 1. The number of carboxylic acid groups (broad SMARTS) is 1. The Bertz CT molecular complexity index is 619. The van der Waals surface area contributed by atoms with Crippen LogP contribution in [0.2, 0.25) is 5.02 Å². The van der Waals surface area contributed by atoms with Crippen molar-refractivity contribution in [3.8, 4) is 5.75 Å². The molecule has 3 rings (SSSR count). The molecule has 1 saturated carbocycles. The van der Waals surface area contributed by atoms with Crippen molar-refractivity contribution in [2.75, 3.05) is 13.1 Å². The second-order valence-corrected chi connectivity index (χ2v) is 7.01. The summed E-state index contributed by atoms with van der Waals surface area (Å²) in [5, 5.41) is 9.58. The maximum absolute atomic E-state index is 12.9. The van der Waals surface area contributed by atoms with E-state index in [1.165, 1.54) is 0 Å². The summed E-state index contributed by atoms with van der Waals surface area (Å²) >= 11 is 6.08. The van der Waals surface area contributed by atoms with E-state index >= 15 is 0 Å². The van der Waals surface area contributed by atoms with E-state index in [9.17, 15) is 9.59 Å². The molecule has 6 heteroatoms. The Labute approximate surface area is 146 Å². The fourth-order valence-corrected chi connectivity index (χ4v) is 3.63. The molecule has 2 aliphatic rings. The number of nitrogens with zero attached hydrogens (tertiary/aromatic N) is 1. The molecule has 1 aromatic rings. The smallest absolute Gasteiger partial charge is 0.306 e. The van der Waals surface area contributed by atoms with Gasteiger partial charge in [0.25, 0.3) is 5.91 Å². The van der Waals surface area contributed by atoms with Gasteiger partial charge in [0.05, 0.1) is 17.6 Å². The molecule has 0 unspecified atom stereocenters. The molecule has 0 spiro atoms. The number of likely N-dealkylation sites (tertiary alicyclic amines) is 1. The van der Waals surface area contributed by atoms with Gasteiger partial charge in [0.1, 0.15) is 5.75 Å². The molecular weight excluding hydrogens is 330 g/mol. The first-order valence-corrected chi connectivity index (χ1v) is 8.90. The lowest BCUT2D eigenvalue weighted by molar-refractivity contribution is -0.143. The van der Waals surface area contributed by atoms with E-state index in [0.717, 1.165) is 25.7 Å². The Morgan fingerprint density at radius 3 is 2.42 bits per heavy atom. The van der Waals surface area contributed by atoms with Gasteiger partial charge < -0.3 is 14.7 Å². The molecule has 2 fully saturated rings. The van der Waals surface area contributed by atoms with Crippen LogP contribution in [0.25, 0.3) is 0 Å². The summed E-state index contributed by atoms with van der Waals surface area (Å²) in [5.74, 6) is -0.691. The molecule has 5 nitrogen and oxygen atoms in total. The molecule has 1 N–H and O–H groups in total. The first-order chi connectivity index (χ1) is 11.5. The fourth-order valence-electron chi connectivity index (χ4n) is 3.46. The molecule has 1 heterocycles. The Kier molecular flexibility index (Phi) is 5.29. The van der Waals surface area contributed by atoms with E-state index < -0.39 is 5.97 Å². The van der Waals surface area contributed by atoms with Crippen LogP contribution in [0.1, 0.15) is 48.9 Å². The largest absolute Gasteiger partial charge is 0.490 e. The number of halogens is 1. The number of carbonyl (C=O) groups excluding carboxylic acids is 1. The molecular formula is C18H22ClNO4. The minimum absolute atomic E-state index is 0.130. The summed E-state index contributed by atoms with van der Waals surface area (Å²) in [6, 6.07) is 5.15. The third kappa shape index (κ3) is 3.83. The minimum Gasteiger partial charge on any atom is -0.490 e. The van der Waals surface area contributed by atoms with Crippen LogP contribution in [0.15, 0.2) is 18.2 Å². The van der Waals surface area contributed by atoms with Crippen LogP contribution >= 0.6 is 11.6 Å². The number of benzene rings is 1. The molecule has 0 aromatic heterocycles. The average Bonchev–Trinajstić information content (AvgIpc) is 3.09. The van der Waals surface area contributed by atoms with E-state index in [0.29, 0.717) is 42.3 Å². The van der Waals surface area contributed by atoms with E-state index in [-0.39, 0.29) is 17.9 Å². The Morgan fingerprint density at radius 2 is 1.79 bits per heavy atom. The summed E-state index contributed by atoms with van der Waals surface area (Å²) in [4.78, 5) is 25.6. The summed E-state index contributed by atoms with van der Waals surface area (Å²) < 4.78 is 6.03. The van der Waals surface area contributed by atoms with Crippen molar-refractivity contribution in [1.29, 1.82) is 0 Å². The van der Waals surface area contributed by atoms with Crippen LogP contribution in [0, 0.1) is 5.92 Å². The quantitative estimate of drug-likeness (QED) is 0.900. The van der Waals surface area contributed by atoms with Crippen molar-refractivity contribution in [2.45, 2.75) is 44.6 Å². The molecule has 1 amide bonds. The van der Waals surface area contributed by atoms with Crippen LogP contribution in [0.5, 0.6) is 5.75 Å². The zero-order valence-corrected chi connectivity index (χ0v) is 14.3. The third-order valence-electron chi connectivity index (χ3n) is 4.90. The number of hydrogen-bond acceptors (Lipinski definition) is 3. The standard InChI is InChI=1S/C18H22ClNO4/c19-13-5-6-16(24-14-3-1-2-4-14)15(11-13)17(21)20-9-7-12(8-10-20)18(22)23/h5-6,11-12,14H,1-4,7-10H2,(H,22,23). The van der Waals surface area contributed by atoms with Gasteiger partial charge in [-0.25, -0.2) is 0 Å². The number of aliphatic carboxylic acids is 1. The molecule has 1 aromatic carbocycles. The van der Waals surface area contributed by atoms with Crippen LogP contribution in [-0.2, 0) is 4.79 Å². The topological polar surface area (TPSA) is 66.8 Å². The minimum atomic E-state index is -0.782. The van der Waals surface area contributed by atoms with Crippen LogP contribution in [-0.4, -0.2) is 41.1 Å². The summed E-state index contributed by atoms with van der Waals surface area (Å²) in [6.45, 7) is 0.899. The maximum atomic E-state index is 12.9. The van der Waals surface area contributed by atoms with Gasteiger partial charge in [-0.15, -0.1) is 0 Å². The lowest BCUT2D eigenvalue weighted by Gasteiger charge is -2.30. The molecule has 24 heavy (non-hydrogen) atoms. The van der Waals surface area contributed by atoms with Gasteiger partial charge in [0, 0.05) is 18.1 Å².